The minimum absolute atomic E-state index is 0.237. The largest absolute Gasteiger partial charge is 0.367 e. The molecule has 2 fully saturated rings. The van der Waals surface area contributed by atoms with Crippen molar-refractivity contribution in [2.45, 2.75) is 26.3 Å². The van der Waals surface area contributed by atoms with Gasteiger partial charge in [0.1, 0.15) is 0 Å². The lowest BCUT2D eigenvalue weighted by Gasteiger charge is -2.56. The predicted molar refractivity (Wildman–Crippen MR) is 128 cm³/mol. The lowest BCUT2D eigenvalue weighted by atomic mass is 9.67. The molecule has 7 nitrogen and oxygen atoms in total. The monoisotopic (exact) mass is 466 g/mol. The van der Waals surface area contributed by atoms with Crippen molar-refractivity contribution in [1.82, 2.24) is 9.80 Å². The van der Waals surface area contributed by atoms with E-state index in [9.17, 15) is 14.4 Å². The molecule has 0 unspecified atom stereocenters. The second-order valence-electron chi connectivity index (χ2n) is 9.31. The van der Waals surface area contributed by atoms with Gasteiger partial charge in [-0.2, -0.15) is 0 Å². The van der Waals surface area contributed by atoms with Gasteiger partial charge in [-0.1, -0.05) is 29.8 Å². The number of hydrogen-bond acceptors (Lipinski definition) is 5. The van der Waals surface area contributed by atoms with Crippen LogP contribution in [0.25, 0.3) is 0 Å². The van der Waals surface area contributed by atoms with Crippen molar-refractivity contribution in [2.24, 2.45) is 5.41 Å². The van der Waals surface area contributed by atoms with Gasteiger partial charge < -0.3 is 9.80 Å². The number of aryl methyl sites for hydroxylation is 1. The number of carbonyl (C=O) groups excluding carboxylic acids is 3. The number of urea groups is 1. The maximum absolute atomic E-state index is 13.8. The van der Waals surface area contributed by atoms with Crippen molar-refractivity contribution < 1.29 is 14.4 Å². The highest BCUT2D eigenvalue weighted by Gasteiger charge is 2.63. The number of anilines is 2. The molecular weight excluding hydrogens is 440 g/mol. The van der Waals surface area contributed by atoms with Crippen LogP contribution in [-0.4, -0.2) is 67.4 Å². The van der Waals surface area contributed by atoms with Crippen molar-refractivity contribution >= 4 is 40.8 Å². The van der Waals surface area contributed by atoms with E-state index >= 15 is 0 Å². The topological polar surface area (TPSA) is 64.2 Å². The van der Waals surface area contributed by atoms with Gasteiger partial charge in [0.25, 0.3) is 0 Å². The molecule has 2 aromatic rings. The van der Waals surface area contributed by atoms with Crippen LogP contribution in [0.4, 0.5) is 16.2 Å². The number of nitrogens with zero attached hydrogens (tertiary/aromatic N) is 4. The van der Waals surface area contributed by atoms with Crippen molar-refractivity contribution in [3.63, 3.8) is 0 Å². The lowest BCUT2D eigenvalue weighted by Crippen LogP contribution is -2.74. The Morgan fingerprint density at radius 1 is 0.939 bits per heavy atom. The molecule has 3 aliphatic rings. The Bertz CT molecular complexity index is 1170. The van der Waals surface area contributed by atoms with Gasteiger partial charge in [0.2, 0.25) is 11.8 Å². The summed E-state index contributed by atoms with van der Waals surface area (Å²) in [5.41, 5.74) is 3.96. The summed E-state index contributed by atoms with van der Waals surface area (Å²) in [5.74, 6) is -0.872. The van der Waals surface area contributed by atoms with Crippen LogP contribution in [-0.2, 0) is 16.0 Å². The van der Waals surface area contributed by atoms with Gasteiger partial charge in [0.15, 0.2) is 5.41 Å². The number of carbonyl (C=O) groups is 3. The van der Waals surface area contributed by atoms with Gasteiger partial charge in [0, 0.05) is 50.1 Å². The highest BCUT2D eigenvalue weighted by Crippen LogP contribution is 2.47. The molecule has 8 heteroatoms. The summed E-state index contributed by atoms with van der Waals surface area (Å²) in [4.78, 5) is 46.7. The van der Waals surface area contributed by atoms with E-state index in [1.54, 1.807) is 6.07 Å². The summed E-state index contributed by atoms with van der Waals surface area (Å²) in [6.07, 6.45) is 0.237. The molecule has 172 valence electrons. The van der Waals surface area contributed by atoms with E-state index in [0.29, 0.717) is 18.1 Å². The van der Waals surface area contributed by atoms with Gasteiger partial charge in [-0.05, 0) is 55.2 Å². The highest BCUT2D eigenvalue weighted by molar-refractivity contribution is 6.31. The molecule has 2 saturated heterocycles. The van der Waals surface area contributed by atoms with Gasteiger partial charge in [-0.25, -0.2) is 4.79 Å². The van der Waals surface area contributed by atoms with E-state index in [4.69, 9.17) is 11.6 Å². The van der Waals surface area contributed by atoms with Crippen LogP contribution in [0.1, 0.15) is 16.7 Å². The SMILES string of the molecule is Cc1cccc(N2CCN3c4cc(Cl)ccc4CC4(C(=O)N(C)C(=O)N(C)C4=O)[C@@H]3C2)c1C. The minimum Gasteiger partial charge on any atom is -0.367 e. The second kappa shape index (κ2) is 7.48. The molecular formula is C25H27ClN4O3. The Morgan fingerprint density at radius 2 is 1.64 bits per heavy atom. The number of amides is 4. The molecule has 0 bridgehead atoms. The quantitative estimate of drug-likeness (QED) is 0.604. The van der Waals surface area contributed by atoms with E-state index in [-0.39, 0.29) is 6.42 Å². The molecule has 0 aliphatic carbocycles. The number of hydrogen-bond donors (Lipinski definition) is 0. The summed E-state index contributed by atoms with van der Waals surface area (Å²) in [6.45, 7) is 6.05. The minimum atomic E-state index is -1.38. The van der Waals surface area contributed by atoms with Gasteiger partial charge in [-0.3, -0.25) is 19.4 Å². The second-order valence-corrected chi connectivity index (χ2v) is 9.74. The molecule has 0 N–H and O–H groups in total. The summed E-state index contributed by atoms with van der Waals surface area (Å²) >= 11 is 6.34. The van der Waals surface area contributed by atoms with E-state index in [1.165, 1.54) is 25.2 Å². The van der Waals surface area contributed by atoms with Crippen LogP contribution in [0.5, 0.6) is 0 Å². The molecule has 1 atom stereocenters. The zero-order valence-electron chi connectivity index (χ0n) is 19.3. The van der Waals surface area contributed by atoms with Crippen molar-refractivity contribution in [1.29, 1.82) is 0 Å². The molecule has 1 spiro atoms. The number of benzene rings is 2. The van der Waals surface area contributed by atoms with Crippen molar-refractivity contribution in [2.75, 3.05) is 43.5 Å². The third-order valence-corrected chi connectivity index (χ3v) is 7.87. The first-order valence-corrected chi connectivity index (χ1v) is 11.5. The Kier molecular flexibility index (Phi) is 4.94. The first kappa shape index (κ1) is 21.8. The summed E-state index contributed by atoms with van der Waals surface area (Å²) in [7, 11) is 2.92. The van der Waals surface area contributed by atoms with Gasteiger partial charge in [-0.15, -0.1) is 0 Å². The fraction of sp³-hybridized carbons (Fsp3) is 0.400. The fourth-order valence-electron chi connectivity index (χ4n) is 5.69. The third kappa shape index (κ3) is 2.98. The van der Waals surface area contributed by atoms with Crippen LogP contribution in [0.3, 0.4) is 0 Å². The average molecular weight is 467 g/mol. The predicted octanol–water partition coefficient (Wildman–Crippen LogP) is 3.24. The molecule has 0 radical (unpaired) electrons. The average Bonchev–Trinajstić information content (AvgIpc) is 2.82. The molecule has 3 aliphatic heterocycles. The molecule has 2 aromatic carbocycles. The first-order chi connectivity index (χ1) is 15.7. The zero-order valence-corrected chi connectivity index (χ0v) is 20.0. The number of imide groups is 2. The number of piperazine rings is 1. The summed E-state index contributed by atoms with van der Waals surface area (Å²) < 4.78 is 0. The molecule has 0 aromatic heterocycles. The maximum atomic E-state index is 13.8. The van der Waals surface area contributed by atoms with Gasteiger partial charge >= 0.3 is 6.03 Å². The number of rotatable bonds is 1. The number of halogens is 1. The number of barbiturate groups is 1. The van der Waals surface area contributed by atoms with Crippen LogP contribution < -0.4 is 9.80 Å². The molecule has 3 heterocycles. The molecule has 4 amide bonds. The number of fused-ring (bicyclic) bond motifs is 4. The molecule has 0 saturated carbocycles. The van der Waals surface area contributed by atoms with E-state index in [1.807, 2.05) is 18.2 Å². The Balaban J connectivity index is 1.67. The van der Waals surface area contributed by atoms with Crippen LogP contribution >= 0.6 is 11.6 Å². The van der Waals surface area contributed by atoms with E-state index in [0.717, 1.165) is 33.3 Å². The van der Waals surface area contributed by atoms with E-state index < -0.39 is 29.3 Å². The standard InChI is InChI=1S/C25H27ClN4O3/c1-15-6-5-7-19(16(15)2)29-10-11-30-20-12-18(26)9-8-17(20)13-25(21(30)14-29)22(31)27(3)24(33)28(4)23(25)32/h5-9,12,21H,10-11,13-14H2,1-4H3/t21-/m0/s1. The van der Waals surface area contributed by atoms with Crippen LogP contribution in [0.2, 0.25) is 5.02 Å². The molecule has 33 heavy (non-hydrogen) atoms. The third-order valence-electron chi connectivity index (χ3n) is 7.64. The lowest BCUT2D eigenvalue weighted by molar-refractivity contribution is -0.159. The van der Waals surface area contributed by atoms with Gasteiger partial charge in [0.05, 0.1) is 6.04 Å². The Labute approximate surface area is 198 Å². The Morgan fingerprint density at radius 3 is 2.33 bits per heavy atom. The summed E-state index contributed by atoms with van der Waals surface area (Å²) in [5, 5.41) is 0.617. The smallest absolute Gasteiger partial charge is 0.332 e. The van der Waals surface area contributed by atoms with Crippen LogP contribution in [0.15, 0.2) is 36.4 Å². The molecule has 5 rings (SSSR count). The zero-order chi connectivity index (χ0) is 23.7. The fourth-order valence-corrected chi connectivity index (χ4v) is 5.85. The first-order valence-electron chi connectivity index (χ1n) is 11.1. The van der Waals surface area contributed by atoms with Crippen LogP contribution in [0, 0.1) is 19.3 Å². The normalized spacial score (nSPS) is 22.1. The maximum Gasteiger partial charge on any atom is 0.332 e. The van der Waals surface area contributed by atoms with Crippen molar-refractivity contribution in [3.05, 3.63) is 58.1 Å². The van der Waals surface area contributed by atoms with Crippen molar-refractivity contribution in [3.8, 4) is 0 Å². The summed E-state index contributed by atoms with van der Waals surface area (Å²) in [6, 6.07) is 10.8. The highest BCUT2D eigenvalue weighted by atomic mass is 35.5. The Hall–Kier alpha value is -3.06. The van der Waals surface area contributed by atoms with E-state index in [2.05, 4.69) is 35.8 Å².